The first-order valence-electron chi connectivity index (χ1n) is 15.4. The molecule has 3 N–H and O–H groups in total. The second-order valence-electron chi connectivity index (χ2n) is 12.2. The molecular formula is C33H36N6O4. The highest BCUT2D eigenvalue weighted by molar-refractivity contribution is 5.99. The minimum absolute atomic E-state index is 0.114. The molecule has 4 fully saturated rings. The largest absolute Gasteiger partial charge is 0.330 e. The van der Waals surface area contributed by atoms with Crippen molar-refractivity contribution in [1.82, 2.24) is 20.0 Å². The van der Waals surface area contributed by atoms with Crippen molar-refractivity contribution >= 4 is 35.0 Å². The van der Waals surface area contributed by atoms with Crippen molar-refractivity contribution in [1.29, 1.82) is 0 Å². The third-order valence-corrected chi connectivity index (χ3v) is 9.02. The Kier molecular flexibility index (Phi) is 7.20. The van der Waals surface area contributed by atoms with Gasteiger partial charge in [0.05, 0.1) is 11.4 Å². The van der Waals surface area contributed by atoms with Crippen molar-refractivity contribution in [3.05, 3.63) is 54.6 Å². The van der Waals surface area contributed by atoms with E-state index in [9.17, 15) is 19.2 Å². The molecule has 2 aliphatic heterocycles. The predicted octanol–water partition coefficient (Wildman–Crippen LogP) is 4.42. The number of carbonyl (C=O) groups excluding carboxylic acids is 4. The molecule has 2 saturated heterocycles. The van der Waals surface area contributed by atoms with Gasteiger partial charge in [0.1, 0.15) is 12.1 Å². The van der Waals surface area contributed by atoms with E-state index in [1.165, 1.54) is 0 Å². The Morgan fingerprint density at radius 2 is 1.12 bits per heavy atom. The van der Waals surface area contributed by atoms with Crippen molar-refractivity contribution in [2.45, 2.75) is 63.5 Å². The molecule has 7 rings (SSSR count). The van der Waals surface area contributed by atoms with E-state index in [2.05, 4.69) is 20.8 Å². The molecule has 0 unspecified atom stereocenters. The number of hydrogen-bond donors (Lipinski definition) is 3. The van der Waals surface area contributed by atoms with E-state index < -0.39 is 12.1 Å². The lowest BCUT2D eigenvalue weighted by Crippen LogP contribution is -2.43. The summed E-state index contributed by atoms with van der Waals surface area (Å²) >= 11 is 0. The molecule has 2 aromatic carbocycles. The second kappa shape index (κ2) is 11.3. The van der Waals surface area contributed by atoms with Crippen LogP contribution in [-0.2, 0) is 19.2 Å². The first-order chi connectivity index (χ1) is 20.9. The summed E-state index contributed by atoms with van der Waals surface area (Å²) in [4.78, 5) is 54.5. The fourth-order valence-corrected chi connectivity index (χ4v) is 6.26. The van der Waals surface area contributed by atoms with Gasteiger partial charge in [0.2, 0.25) is 23.6 Å². The minimum atomic E-state index is -0.393. The van der Waals surface area contributed by atoms with Gasteiger partial charge in [0.25, 0.3) is 0 Å². The number of amides is 4. The van der Waals surface area contributed by atoms with Gasteiger partial charge in [-0.1, -0.05) is 24.3 Å². The Balaban J connectivity index is 0.954. The van der Waals surface area contributed by atoms with E-state index >= 15 is 0 Å². The molecular weight excluding hydrogens is 544 g/mol. The summed E-state index contributed by atoms with van der Waals surface area (Å²) in [5.41, 5.74) is 4.80. The third-order valence-electron chi connectivity index (χ3n) is 9.02. The average molecular weight is 581 g/mol. The van der Waals surface area contributed by atoms with Gasteiger partial charge in [-0.15, -0.1) is 0 Å². The van der Waals surface area contributed by atoms with Crippen LogP contribution in [0, 0.1) is 11.8 Å². The number of H-pyrrole nitrogens is 1. The molecule has 4 amide bonds. The number of nitrogens with zero attached hydrogens (tertiary/aromatic N) is 3. The molecule has 222 valence electrons. The number of aromatic nitrogens is 2. The van der Waals surface area contributed by atoms with E-state index in [0.717, 1.165) is 61.0 Å². The van der Waals surface area contributed by atoms with E-state index in [0.29, 0.717) is 37.3 Å². The molecule has 3 aromatic rings. The number of carbonyl (C=O) groups is 4. The summed E-state index contributed by atoms with van der Waals surface area (Å²) in [7, 11) is 0. The van der Waals surface area contributed by atoms with Crippen LogP contribution in [0.1, 0.15) is 51.4 Å². The Morgan fingerprint density at radius 1 is 0.651 bits per heavy atom. The van der Waals surface area contributed by atoms with Crippen molar-refractivity contribution in [2.75, 3.05) is 23.7 Å². The standard InChI is InChI=1S/C33H36N6O4/c40-30(28-3-1-17-38(28)32(42)22-5-6-22)34-24-13-9-20(10-14-24)26-19-27(37-36-26)21-11-15-25(16-12-21)35-31(41)29-4-2-18-39(29)33(43)23-7-8-23/h9-16,19,22-23,28-29H,1-8,17-18H2,(H,34,40)(H,35,41)(H,36,37)/t28-,29-/m0/s1. The highest BCUT2D eigenvalue weighted by Crippen LogP contribution is 2.35. The van der Waals surface area contributed by atoms with Crippen LogP contribution in [0.4, 0.5) is 11.4 Å². The fraction of sp³-hybridized carbons (Fsp3) is 0.424. The quantitative estimate of drug-likeness (QED) is 0.364. The van der Waals surface area contributed by atoms with Crippen LogP contribution in [0.2, 0.25) is 0 Å². The van der Waals surface area contributed by atoms with Crippen LogP contribution >= 0.6 is 0 Å². The van der Waals surface area contributed by atoms with E-state index in [1.54, 1.807) is 9.80 Å². The molecule has 0 bridgehead atoms. The zero-order chi connectivity index (χ0) is 29.5. The van der Waals surface area contributed by atoms with Crippen molar-refractivity contribution in [3.8, 4) is 22.5 Å². The van der Waals surface area contributed by atoms with Gasteiger partial charge < -0.3 is 20.4 Å². The number of anilines is 2. The van der Waals surface area contributed by atoms with Crippen LogP contribution in [0.3, 0.4) is 0 Å². The molecule has 2 aliphatic carbocycles. The number of likely N-dealkylation sites (tertiary alicyclic amines) is 2. The lowest BCUT2D eigenvalue weighted by molar-refractivity contribution is -0.137. The van der Waals surface area contributed by atoms with Gasteiger partial charge in [-0.25, -0.2) is 0 Å². The SMILES string of the molecule is O=C(Nc1ccc(-c2cc(-c3ccc(NC(=O)[C@@H]4CCCN4C(=O)C4CC4)cc3)[nH]n2)cc1)[C@@H]1CCCN1C(=O)C1CC1. The van der Waals surface area contributed by atoms with Gasteiger partial charge in [-0.05, 0) is 87.3 Å². The summed E-state index contributed by atoms with van der Waals surface area (Å²) < 4.78 is 0. The number of hydrogen-bond acceptors (Lipinski definition) is 5. The molecule has 2 saturated carbocycles. The Morgan fingerprint density at radius 3 is 1.58 bits per heavy atom. The molecule has 43 heavy (non-hydrogen) atoms. The monoisotopic (exact) mass is 580 g/mol. The van der Waals surface area contributed by atoms with Crippen molar-refractivity contribution < 1.29 is 19.2 Å². The topological polar surface area (TPSA) is 128 Å². The highest BCUT2D eigenvalue weighted by Gasteiger charge is 2.42. The molecule has 0 radical (unpaired) electrons. The van der Waals surface area contributed by atoms with Crippen LogP contribution < -0.4 is 10.6 Å². The van der Waals surface area contributed by atoms with Gasteiger partial charge in [0, 0.05) is 41.9 Å². The maximum absolute atomic E-state index is 12.9. The van der Waals surface area contributed by atoms with Crippen LogP contribution in [0.25, 0.3) is 22.5 Å². The van der Waals surface area contributed by atoms with Crippen LogP contribution in [0.5, 0.6) is 0 Å². The molecule has 10 heteroatoms. The van der Waals surface area contributed by atoms with Crippen LogP contribution in [0.15, 0.2) is 54.6 Å². The van der Waals surface area contributed by atoms with Crippen molar-refractivity contribution in [2.24, 2.45) is 11.8 Å². The molecule has 3 heterocycles. The van der Waals surface area contributed by atoms with Crippen molar-refractivity contribution in [3.63, 3.8) is 0 Å². The second-order valence-corrected chi connectivity index (χ2v) is 12.2. The molecule has 2 atom stereocenters. The summed E-state index contributed by atoms with van der Waals surface area (Å²) in [6, 6.07) is 16.3. The first kappa shape index (κ1) is 27.4. The van der Waals surface area contributed by atoms with E-state index in [4.69, 9.17) is 0 Å². The Bertz CT molecular complexity index is 1430. The lowest BCUT2D eigenvalue weighted by Gasteiger charge is -2.24. The Hall–Kier alpha value is -4.47. The summed E-state index contributed by atoms with van der Waals surface area (Å²) in [5, 5.41) is 13.5. The number of aromatic amines is 1. The highest BCUT2D eigenvalue weighted by atomic mass is 16.2. The summed E-state index contributed by atoms with van der Waals surface area (Å²) in [5.74, 6) is 0.216. The maximum Gasteiger partial charge on any atom is 0.247 e. The Labute approximate surface area is 250 Å². The molecule has 1 aromatic heterocycles. The van der Waals surface area contributed by atoms with Gasteiger partial charge in [0.15, 0.2) is 0 Å². The molecule has 10 nitrogen and oxygen atoms in total. The van der Waals surface area contributed by atoms with E-state index in [-0.39, 0.29) is 35.5 Å². The smallest absolute Gasteiger partial charge is 0.247 e. The lowest BCUT2D eigenvalue weighted by atomic mass is 10.1. The fourth-order valence-electron chi connectivity index (χ4n) is 6.26. The molecule has 4 aliphatic rings. The van der Waals surface area contributed by atoms with Gasteiger partial charge in [-0.2, -0.15) is 5.10 Å². The third kappa shape index (κ3) is 5.78. The predicted molar refractivity (Wildman–Crippen MR) is 162 cm³/mol. The minimum Gasteiger partial charge on any atom is -0.330 e. The first-order valence-corrected chi connectivity index (χ1v) is 15.4. The average Bonchev–Trinajstić information content (AvgIpc) is 3.88. The van der Waals surface area contributed by atoms with Gasteiger partial charge in [-0.3, -0.25) is 24.3 Å². The maximum atomic E-state index is 12.9. The molecule has 0 spiro atoms. The summed E-state index contributed by atoms with van der Waals surface area (Å²) in [6.07, 6.45) is 6.87. The number of nitrogens with one attached hydrogen (secondary N) is 3. The summed E-state index contributed by atoms with van der Waals surface area (Å²) in [6.45, 7) is 1.32. The number of rotatable bonds is 8. The van der Waals surface area contributed by atoms with Crippen LogP contribution in [-0.4, -0.2) is 68.8 Å². The van der Waals surface area contributed by atoms with Gasteiger partial charge >= 0.3 is 0 Å². The zero-order valence-corrected chi connectivity index (χ0v) is 24.1. The normalized spacial score (nSPS) is 21.6. The zero-order valence-electron chi connectivity index (χ0n) is 24.1. The van der Waals surface area contributed by atoms with E-state index in [1.807, 2.05) is 54.6 Å². The number of benzene rings is 2.